The van der Waals surface area contributed by atoms with Gasteiger partial charge >= 0.3 is 0 Å². The second-order valence-corrected chi connectivity index (χ2v) is 17.4. The van der Waals surface area contributed by atoms with E-state index in [2.05, 4.69) is 38.1 Å². The Hall–Kier alpha value is -0.660. The molecule has 0 bridgehead atoms. The number of ether oxygens (including phenoxy) is 4. The molecule has 40 heavy (non-hydrogen) atoms. The largest absolute Gasteiger partial charge is 0.340 e. The van der Waals surface area contributed by atoms with Gasteiger partial charge in [0.2, 0.25) is 11.6 Å². The second kappa shape index (κ2) is 10.5. The number of fused-ring (bicyclic) bond motifs is 10. The van der Waals surface area contributed by atoms with E-state index >= 15 is 0 Å². The smallest absolute Gasteiger partial charge is 0.225 e. The molecule has 0 unspecified atom stereocenters. The zero-order valence-corrected chi connectivity index (χ0v) is 27.4. The molecular formula is C30H30O4S6. The number of thioether (sulfide) groups is 2. The predicted octanol–water partition coefficient (Wildman–Crippen LogP) is 9.84. The third-order valence-electron chi connectivity index (χ3n) is 7.83. The first kappa shape index (κ1) is 26.9. The van der Waals surface area contributed by atoms with Gasteiger partial charge in [0.25, 0.3) is 0 Å². The summed E-state index contributed by atoms with van der Waals surface area (Å²) in [4.78, 5) is 7.80. The molecule has 0 radical (unpaired) electrons. The minimum atomic E-state index is -0.746. The van der Waals surface area contributed by atoms with Gasteiger partial charge < -0.3 is 18.9 Å². The summed E-state index contributed by atoms with van der Waals surface area (Å²) < 4.78 is 28.4. The molecule has 4 nitrogen and oxygen atoms in total. The monoisotopic (exact) mass is 646 g/mol. The lowest BCUT2D eigenvalue weighted by Gasteiger charge is -2.23. The summed E-state index contributed by atoms with van der Waals surface area (Å²) in [5, 5.41) is 0. The van der Waals surface area contributed by atoms with E-state index in [-0.39, 0.29) is 0 Å². The molecule has 0 atom stereocenters. The maximum Gasteiger partial charge on any atom is 0.225 e. The molecule has 0 amide bonds. The Morgan fingerprint density at radius 2 is 0.950 bits per heavy atom. The van der Waals surface area contributed by atoms with Crippen molar-refractivity contribution in [2.75, 3.05) is 37.9 Å². The van der Waals surface area contributed by atoms with E-state index in [4.69, 9.17) is 18.9 Å². The molecule has 4 aromatic heterocycles. The van der Waals surface area contributed by atoms with Crippen molar-refractivity contribution in [2.24, 2.45) is 0 Å². The molecule has 2 spiro atoms. The highest BCUT2D eigenvalue weighted by atomic mass is 32.2. The number of hydrogen-bond acceptors (Lipinski definition) is 10. The van der Waals surface area contributed by atoms with E-state index in [0.29, 0.717) is 26.4 Å². The molecule has 8 rings (SSSR count). The highest BCUT2D eigenvalue weighted by Gasteiger charge is 2.53. The lowest BCUT2D eigenvalue weighted by atomic mass is 10.1. The van der Waals surface area contributed by atoms with Gasteiger partial charge in [0, 0.05) is 32.0 Å². The third-order valence-corrected chi connectivity index (χ3v) is 15.5. The van der Waals surface area contributed by atoms with Gasteiger partial charge in [-0.1, -0.05) is 26.7 Å². The van der Waals surface area contributed by atoms with Gasteiger partial charge in [-0.25, -0.2) is 0 Å². The van der Waals surface area contributed by atoms with E-state index in [9.17, 15) is 0 Å². The van der Waals surface area contributed by atoms with Gasteiger partial charge in [0.15, 0.2) is 0 Å². The van der Waals surface area contributed by atoms with Gasteiger partial charge in [-0.3, -0.25) is 0 Å². The lowest BCUT2D eigenvalue weighted by Crippen LogP contribution is -2.25. The molecule has 10 heteroatoms. The molecule has 2 fully saturated rings. The average molecular weight is 647 g/mol. The van der Waals surface area contributed by atoms with Crippen molar-refractivity contribution in [1.29, 1.82) is 0 Å². The van der Waals surface area contributed by atoms with Crippen molar-refractivity contribution in [3.05, 3.63) is 46.5 Å². The molecule has 4 aromatic rings. The highest BCUT2D eigenvalue weighted by Crippen LogP contribution is 2.63. The van der Waals surface area contributed by atoms with Gasteiger partial charge in [-0.15, -0.1) is 68.9 Å². The lowest BCUT2D eigenvalue weighted by molar-refractivity contribution is -0.126. The Labute approximate surface area is 259 Å². The molecule has 2 saturated heterocycles. The van der Waals surface area contributed by atoms with Crippen LogP contribution in [0.1, 0.15) is 61.8 Å². The Morgan fingerprint density at radius 3 is 1.35 bits per heavy atom. The minimum Gasteiger partial charge on any atom is -0.340 e. The van der Waals surface area contributed by atoms with Gasteiger partial charge in [0.05, 0.1) is 54.4 Å². The van der Waals surface area contributed by atoms with Crippen molar-refractivity contribution in [1.82, 2.24) is 0 Å². The second-order valence-electron chi connectivity index (χ2n) is 10.4. The average Bonchev–Trinajstić information content (AvgIpc) is 3.79. The summed E-state index contributed by atoms with van der Waals surface area (Å²) in [6.07, 6.45) is 4.92. The Bertz CT molecular complexity index is 1450. The van der Waals surface area contributed by atoms with Crippen LogP contribution >= 0.6 is 68.9 Å². The summed E-state index contributed by atoms with van der Waals surface area (Å²) >= 11 is 11.5. The van der Waals surface area contributed by atoms with Crippen molar-refractivity contribution in [3.8, 4) is 29.3 Å². The Morgan fingerprint density at radius 1 is 0.575 bits per heavy atom. The summed E-state index contributed by atoms with van der Waals surface area (Å²) in [6, 6.07) is 9.30. The summed E-state index contributed by atoms with van der Waals surface area (Å²) in [5.74, 6) is 0.820. The van der Waals surface area contributed by atoms with Crippen LogP contribution in [0.3, 0.4) is 0 Å². The zero-order chi connectivity index (χ0) is 26.9. The minimum absolute atomic E-state index is 0.627. The quantitative estimate of drug-likeness (QED) is 0.133. The van der Waals surface area contributed by atoms with Crippen LogP contribution < -0.4 is 0 Å². The zero-order valence-electron chi connectivity index (χ0n) is 22.5. The fraction of sp³-hybridized carbons (Fsp3) is 0.467. The van der Waals surface area contributed by atoms with Crippen LogP contribution in [-0.2, 0) is 30.5 Å². The van der Waals surface area contributed by atoms with Crippen LogP contribution in [0.15, 0.2) is 32.7 Å². The standard InChI is InChI=1S/C30H30O4S6/c1-3-5-11-35-23-15-19-27(39-23)25-17(29(19)31-7-8-32-29)13-21(37-25)22-14-18-26(38-22)28-20(30(18)33-9-10-34-30)16-24(40-28)36-12-6-4-2/h13-16H,3-12H2,1-2H3. The molecule has 210 valence electrons. The highest BCUT2D eigenvalue weighted by molar-refractivity contribution is 8.01. The summed E-state index contributed by atoms with van der Waals surface area (Å²) in [6.45, 7) is 7.01. The SMILES string of the molecule is CCCCSc1cc2c(s1)-c1sc(-c3cc4c(s3)-c3sc(SCCCC)cc3C43OCCO3)cc1C21OCCO1. The number of unbranched alkanes of at least 4 members (excludes halogenated alkanes) is 2. The van der Waals surface area contributed by atoms with E-state index in [1.165, 1.54) is 85.6 Å². The van der Waals surface area contributed by atoms with Crippen LogP contribution in [0.5, 0.6) is 0 Å². The molecular weight excluding hydrogens is 617 g/mol. The van der Waals surface area contributed by atoms with E-state index in [0.717, 1.165) is 11.5 Å². The predicted molar refractivity (Wildman–Crippen MR) is 171 cm³/mol. The van der Waals surface area contributed by atoms with E-state index in [1.54, 1.807) is 0 Å². The third kappa shape index (κ3) is 3.98. The summed E-state index contributed by atoms with van der Waals surface area (Å²) in [7, 11) is 0. The first-order valence-corrected chi connectivity index (χ1v) is 19.3. The van der Waals surface area contributed by atoms with Crippen molar-refractivity contribution >= 4 is 68.9 Å². The summed E-state index contributed by atoms with van der Waals surface area (Å²) in [5.41, 5.74) is 4.77. The first-order valence-electron chi connectivity index (χ1n) is 14.1. The van der Waals surface area contributed by atoms with E-state index < -0.39 is 11.6 Å². The molecule has 0 saturated carbocycles. The molecule has 0 N–H and O–H groups in total. The van der Waals surface area contributed by atoms with Crippen molar-refractivity contribution in [2.45, 2.75) is 59.5 Å². The van der Waals surface area contributed by atoms with Gasteiger partial charge in [-0.05, 0) is 48.6 Å². The molecule has 2 aliphatic carbocycles. The maximum atomic E-state index is 6.41. The van der Waals surface area contributed by atoms with Crippen LogP contribution in [0, 0.1) is 0 Å². The maximum absolute atomic E-state index is 6.41. The fourth-order valence-electron chi connectivity index (χ4n) is 5.93. The number of hydrogen-bond donors (Lipinski definition) is 0. The molecule has 6 heterocycles. The topological polar surface area (TPSA) is 36.9 Å². The van der Waals surface area contributed by atoms with Gasteiger partial charge in [0.1, 0.15) is 0 Å². The number of rotatable bonds is 9. The molecule has 4 aliphatic rings. The molecule has 0 aromatic carbocycles. The van der Waals surface area contributed by atoms with E-state index in [1.807, 2.05) is 68.9 Å². The Kier molecular flexibility index (Phi) is 7.07. The van der Waals surface area contributed by atoms with Gasteiger partial charge in [-0.2, -0.15) is 0 Å². The van der Waals surface area contributed by atoms with Crippen molar-refractivity contribution in [3.63, 3.8) is 0 Å². The Balaban J connectivity index is 1.18. The van der Waals surface area contributed by atoms with Crippen LogP contribution in [0.2, 0.25) is 0 Å². The first-order chi connectivity index (χ1) is 19.7. The van der Waals surface area contributed by atoms with Crippen LogP contribution in [0.25, 0.3) is 29.3 Å². The van der Waals surface area contributed by atoms with Crippen LogP contribution in [-0.4, -0.2) is 37.9 Å². The number of thiophene rings is 4. The van der Waals surface area contributed by atoms with Crippen molar-refractivity contribution < 1.29 is 18.9 Å². The fourth-order valence-corrected chi connectivity index (χ4v) is 13.7. The molecule has 2 aliphatic heterocycles. The normalized spacial score (nSPS) is 19.1. The van der Waals surface area contributed by atoms with Crippen LogP contribution in [0.4, 0.5) is 0 Å².